The Hall–Kier alpha value is -4.21. The summed E-state index contributed by atoms with van der Waals surface area (Å²) in [6.07, 6.45) is 6.81. The normalized spacial score (nSPS) is 14.2. The van der Waals surface area contributed by atoms with Crippen LogP contribution in [0.3, 0.4) is 0 Å². The maximum Gasteiger partial charge on any atom is 0.414 e. The number of ether oxygens (including phenoxy) is 2. The summed E-state index contributed by atoms with van der Waals surface area (Å²) in [5.41, 5.74) is 1.57. The minimum Gasteiger partial charge on any atom is -0.466 e. The van der Waals surface area contributed by atoms with E-state index in [1.807, 2.05) is 7.05 Å². The number of hydrogen-bond donors (Lipinski definition) is 1. The molecule has 1 aromatic heterocycles. The van der Waals surface area contributed by atoms with E-state index >= 15 is 0 Å². The van der Waals surface area contributed by atoms with Gasteiger partial charge < -0.3 is 24.6 Å². The Bertz CT molecular complexity index is 1330. The van der Waals surface area contributed by atoms with Crippen LogP contribution in [0, 0.1) is 5.82 Å². The van der Waals surface area contributed by atoms with Crippen LogP contribution in [-0.2, 0) is 9.53 Å². The molecule has 0 saturated heterocycles. The first kappa shape index (κ1) is 29.8. The quantitative estimate of drug-likeness (QED) is 0.291. The van der Waals surface area contributed by atoms with Crippen molar-refractivity contribution in [1.82, 2.24) is 14.9 Å². The van der Waals surface area contributed by atoms with E-state index in [9.17, 15) is 14.0 Å². The first-order valence-corrected chi connectivity index (χ1v) is 14.0. The highest BCUT2D eigenvalue weighted by Gasteiger charge is 2.24. The molecule has 3 aromatic rings. The van der Waals surface area contributed by atoms with Crippen molar-refractivity contribution in [2.24, 2.45) is 0 Å². The van der Waals surface area contributed by atoms with Crippen molar-refractivity contribution in [2.75, 3.05) is 38.0 Å². The Morgan fingerprint density at radius 2 is 1.73 bits per heavy atom. The van der Waals surface area contributed by atoms with Crippen molar-refractivity contribution in [3.63, 3.8) is 0 Å². The van der Waals surface area contributed by atoms with Gasteiger partial charge in [-0.2, -0.15) is 4.98 Å². The lowest BCUT2D eigenvalue weighted by Crippen LogP contribution is -2.34. The summed E-state index contributed by atoms with van der Waals surface area (Å²) >= 11 is 0. The predicted molar refractivity (Wildman–Crippen MR) is 156 cm³/mol. The molecule has 0 aliphatic heterocycles. The molecule has 1 N–H and O–H groups in total. The Balaban J connectivity index is 1.71. The zero-order valence-corrected chi connectivity index (χ0v) is 24.1. The Morgan fingerprint density at radius 1 is 1.02 bits per heavy atom. The molecule has 10 heteroatoms. The monoisotopic (exact) mass is 563 g/mol. The van der Waals surface area contributed by atoms with Gasteiger partial charge in [0.25, 0.3) is 0 Å². The number of rotatable bonds is 10. The van der Waals surface area contributed by atoms with Gasteiger partial charge in [-0.25, -0.2) is 14.2 Å². The third-order valence-corrected chi connectivity index (χ3v) is 7.22. The largest absolute Gasteiger partial charge is 0.466 e. The molecule has 1 atom stereocenters. The van der Waals surface area contributed by atoms with Crippen LogP contribution in [0.15, 0.2) is 54.7 Å². The van der Waals surface area contributed by atoms with Gasteiger partial charge in [-0.15, -0.1) is 0 Å². The number of nitrogens with zero attached hydrogens (tertiary/aromatic N) is 4. The molecular formula is C31H38FN5O4. The zero-order valence-electron chi connectivity index (χ0n) is 24.1. The molecule has 2 aromatic carbocycles. The van der Waals surface area contributed by atoms with Crippen LogP contribution in [-0.4, -0.2) is 60.7 Å². The third-order valence-electron chi connectivity index (χ3n) is 7.22. The second kappa shape index (κ2) is 13.9. The molecule has 0 unspecified atom stereocenters. The van der Waals surface area contributed by atoms with Gasteiger partial charge in [0.2, 0.25) is 5.95 Å². The fourth-order valence-corrected chi connectivity index (χ4v) is 4.92. The summed E-state index contributed by atoms with van der Waals surface area (Å²) in [4.78, 5) is 37.5. The van der Waals surface area contributed by atoms with Gasteiger partial charge in [0.1, 0.15) is 17.4 Å². The topological polar surface area (TPSA) is 96.9 Å². The number of amides is 1. The van der Waals surface area contributed by atoms with Gasteiger partial charge in [-0.3, -0.25) is 4.79 Å². The van der Waals surface area contributed by atoms with Crippen LogP contribution in [0.5, 0.6) is 5.75 Å². The highest BCUT2D eigenvalue weighted by atomic mass is 19.1. The van der Waals surface area contributed by atoms with Crippen LogP contribution < -0.4 is 15.0 Å². The fourth-order valence-electron chi connectivity index (χ4n) is 4.92. The molecule has 41 heavy (non-hydrogen) atoms. The van der Waals surface area contributed by atoms with E-state index in [0.717, 1.165) is 31.2 Å². The van der Waals surface area contributed by atoms with Gasteiger partial charge in [0.05, 0.1) is 19.1 Å². The Labute approximate surface area is 240 Å². The fraction of sp³-hybridized carbons (Fsp3) is 0.419. The van der Waals surface area contributed by atoms with E-state index in [4.69, 9.17) is 14.5 Å². The van der Waals surface area contributed by atoms with Crippen molar-refractivity contribution in [3.8, 4) is 16.9 Å². The SMILES string of the molecule is CCOC(=O)C[C@@H](Nc1nc(N(C)C2CCCCC2)ncc1-c1ccccc1F)c1ccc(OC(=O)N(C)C)cc1. The molecule has 218 valence electrons. The molecule has 1 heterocycles. The number of halogens is 1. The van der Waals surface area contributed by atoms with Crippen LogP contribution >= 0.6 is 0 Å². The van der Waals surface area contributed by atoms with Crippen molar-refractivity contribution >= 4 is 23.8 Å². The maximum absolute atomic E-state index is 15.0. The first-order valence-electron chi connectivity index (χ1n) is 14.0. The Morgan fingerprint density at radius 3 is 2.39 bits per heavy atom. The van der Waals surface area contributed by atoms with E-state index in [0.29, 0.717) is 34.7 Å². The molecule has 1 saturated carbocycles. The number of hydrogen-bond acceptors (Lipinski definition) is 8. The first-order chi connectivity index (χ1) is 19.8. The molecule has 9 nitrogen and oxygen atoms in total. The smallest absolute Gasteiger partial charge is 0.414 e. The van der Waals surface area contributed by atoms with Crippen molar-refractivity contribution in [3.05, 3.63) is 66.1 Å². The predicted octanol–water partition coefficient (Wildman–Crippen LogP) is 6.22. The molecule has 1 fully saturated rings. The lowest BCUT2D eigenvalue weighted by atomic mass is 9.95. The summed E-state index contributed by atoms with van der Waals surface area (Å²) in [7, 11) is 5.19. The molecule has 1 aliphatic rings. The lowest BCUT2D eigenvalue weighted by molar-refractivity contribution is -0.143. The van der Waals surface area contributed by atoms with Gasteiger partial charge in [-0.05, 0) is 43.5 Å². The number of anilines is 2. The molecular weight excluding hydrogens is 525 g/mol. The van der Waals surface area contributed by atoms with Crippen molar-refractivity contribution < 1.29 is 23.5 Å². The summed E-state index contributed by atoms with van der Waals surface area (Å²) in [5, 5.41) is 3.39. The van der Waals surface area contributed by atoms with Gasteiger partial charge in [-0.1, -0.05) is 49.6 Å². The van der Waals surface area contributed by atoms with Gasteiger partial charge in [0, 0.05) is 44.5 Å². The minimum atomic E-state index is -0.569. The lowest BCUT2D eigenvalue weighted by Gasteiger charge is -2.31. The van der Waals surface area contributed by atoms with Crippen LogP contribution in [0.4, 0.5) is 21.0 Å². The molecule has 1 amide bonds. The van der Waals surface area contributed by atoms with Crippen LogP contribution in [0.25, 0.3) is 11.1 Å². The summed E-state index contributed by atoms with van der Waals surface area (Å²) in [6, 6.07) is 13.1. The number of esters is 1. The highest BCUT2D eigenvalue weighted by Crippen LogP contribution is 2.34. The van der Waals surface area contributed by atoms with Crippen molar-refractivity contribution in [1.29, 1.82) is 0 Å². The molecule has 1 aliphatic carbocycles. The molecule has 0 spiro atoms. The number of nitrogens with one attached hydrogen (secondary N) is 1. The van der Waals surface area contributed by atoms with Crippen molar-refractivity contribution in [2.45, 2.75) is 57.5 Å². The van der Waals surface area contributed by atoms with E-state index in [1.54, 1.807) is 69.7 Å². The zero-order chi connectivity index (χ0) is 29.4. The number of carbonyl (C=O) groups is 2. The van der Waals surface area contributed by atoms with Gasteiger partial charge in [0.15, 0.2) is 0 Å². The van der Waals surface area contributed by atoms with Crippen LogP contribution in [0.2, 0.25) is 0 Å². The van der Waals surface area contributed by atoms with E-state index in [2.05, 4.69) is 15.2 Å². The second-order valence-corrected chi connectivity index (χ2v) is 10.4. The van der Waals surface area contributed by atoms with E-state index in [1.165, 1.54) is 17.4 Å². The molecule has 0 radical (unpaired) electrons. The number of aromatic nitrogens is 2. The average Bonchev–Trinajstić information content (AvgIpc) is 2.98. The minimum absolute atomic E-state index is 0.000809. The highest BCUT2D eigenvalue weighted by molar-refractivity contribution is 5.77. The second-order valence-electron chi connectivity index (χ2n) is 10.4. The number of carbonyl (C=O) groups excluding carboxylic acids is 2. The summed E-state index contributed by atoms with van der Waals surface area (Å²) < 4.78 is 25.6. The van der Waals surface area contributed by atoms with E-state index in [-0.39, 0.29) is 13.0 Å². The van der Waals surface area contributed by atoms with Gasteiger partial charge >= 0.3 is 12.1 Å². The summed E-state index contributed by atoms with van der Waals surface area (Å²) in [6.45, 7) is 2.00. The Kier molecular flexibility index (Phi) is 10.1. The summed E-state index contributed by atoms with van der Waals surface area (Å²) in [5.74, 6) is 0.504. The maximum atomic E-state index is 15.0. The molecule has 0 bridgehead atoms. The van der Waals surface area contributed by atoms with Crippen LogP contribution in [0.1, 0.15) is 57.1 Å². The third kappa shape index (κ3) is 7.71. The van der Waals surface area contributed by atoms with E-state index < -0.39 is 23.9 Å². The number of benzene rings is 2. The average molecular weight is 564 g/mol. The standard InChI is InChI=1S/C31H38FN5O4/c1-5-40-28(38)19-27(21-15-17-23(18-16-21)41-31(39)36(2)3)34-29-25(24-13-9-10-14-26(24)32)20-33-30(35-29)37(4)22-11-7-6-8-12-22/h9-10,13-18,20,22,27H,5-8,11-12,19H2,1-4H3,(H,33,34,35)/t27-/m1/s1. The molecule has 4 rings (SSSR count).